The lowest BCUT2D eigenvalue weighted by atomic mass is 9.93. The highest BCUT2D eigenvalue weighted by atomic mass is 79.9. The number of nitrogens with zero attached hydrogens (tertiary/aromatic N) is 2. The number of thiazole rings is 1. The van der Waals surface area contributed by atoms with Gasteiger partial charge in [0.1, 0.15) is 12.4 Å². The molecule has 43 heavy (non-hydrogen) atoms. The van der Waals surface area contributed by atoms with Gasteiger partial charge in [0.25, 0.3) is 5.56 Å². The quantitative estimate of drug-likeness (QED) is 0.174. The van der Waals surface area contributed by atoms with Crippen LogP contribution in [-0.2, 0) is 16.1 Å². The first-order valence-electron chi connectivity index (χ1n) is 13.7. The fourth-order valence-electron chi connectivity index (χ4n) is 4.89. The van der Waals surface area contributed by atoms with Crippen LogP contribution in [0.15, 0.2) is 90.7 Å². The third-order valence-corrected chi connectivity index (χ3v) is 9.61. The standard InChI is InChI=1S/C33H29Br2ClN2O4S/c1-5-41-32(40)28-19(4)37-33-38(29(28)22-12-10-21(11-13-22)18(2)3)31(39)27(43-33)16-20-14-24(34)30(25(35)15-20)42-17-23-8-6-7-9-26(23)36/h6-16,18,29H,5,17H2,1-4H3/b27-16-/t29-/m0/s1. The summed E-state index contributed by atoms with van der Waals surface area (Å²) in [6.07, 6.45) is 1.82. The van der Waals surface area contributed by atoms with Crippen molar-refractivity contribution in [3.63, 3.8) is 0 Å². The number of halogens is 3. The number of benzene rings is 3. The number of ether oxygens (including phenoxy) is 2. The van der Waals surface area contributed by atoms with Gasteiger partial charge in [-0.1, -0.05) is 79.2 Å². The van der Waals surface area contributed by atoms with Gasteiger partial charge in [-0.2, -0.15) is 0 Å². The lowest BCUT2D eigenvalue weighted by Crippen LogP contribution is -2.39. The van der Waals surface area contributed by atoms with Crippen LogP contribution in [0.4, 0.5) is 0 Å². The van der Waals surface area contributed by atoms with Crippen molar-refractivity contribution in [2.45, 2.75) is 46.3 Å². The van der Waals surface area contributed by atoms with E-state index in [0.29, 0.717) is 43.9 Å². The van der Waals surface area contributed by atoms with Gasteiger partial charge in [0.05, 0.1) is 37.4 Å². The van der Waals surface area contributed by atoms with Crippen LogP contribution >= 0.6 is 54.8 Å². The molecule has 0 saturated carbocycles. The zero-order valence-electron chi connectivity index (χ0n) is 24.0. The molecule has 222 valence electrons. The molecule has 3 aromatic carbocycles. The smallest absolute Gasteiger partial charge is 0.338 e. The minimum atomic E-state index is -0.655. The predicted octanol–water partition coefficient (Wildman–Crippen LogP) is 7.68. The lowest BCUT2D eigenvalue weighted by Gasteiger charge is -2.25. The van der Waals surface area contributed by atoms with Gasteiger partial charge >= 0.3 is 5.97 Å². The Kier molecular flexibility index (Phi) is 9.76. The highest BCUT2D eigenvalue weighted by Crippen LogP contribution is 2.36. The van der Waals surface area contributed by atoms with E-state index in [1.54, 1.807) is 18.4 Å². The monoisotopic (exact) mass is 742 g/mol. The van der Waals surface area contributed by atoms with Crippen LogP contribution in [0.1, 0.15) is 61.9 Å². The number of hydrogen-bond donors (Lipinski definition) is 0. The number of rotatable bonds is 8. The summed E-state index contributed by atoms with van der Waals surface area (Å²) in [5.74, 6) is 0.499. The first-order chi connectivity index (χ1) is 20.6. The van der Waals surface area contributed by atoms with Crippen LogP contribution in [0.2, 0.25) is 5.02 Å². The Bertz CT molecular complexity index is 1890. The number of fused-ring (bicyclic) bond motifs is 1. The van der Waals surface area contributed by atoms with E-state index < -0.39 is 12.0 Å². The van der Waals surface area contributed by atoms with Gasteiger partial charge in [0.15, 0.2) is 4.80 Å². The summed E-state index contributed by atoms with van der Waals surface area (Å²) in [5, 5.41) is 0.636. The molecule has 1 atom stereocenters. The summed E-state index contributed by atoms with van der Waals surface area (Å²) in [5.41, 5.74) is 4.32. The molecule has 0 radical (unpaired) electrons. The van der Waals surface area contributed by atoms with Crippen LogP contribution < -0.4 is 19.6 Å². The van der Waals surface area contributed by atoms with Crippen LogP contribution in [0.5, 0.6) is 5.75 Å². The molecule has 0 aliphatic carbocycles. The average molecular weight is 745 g/mol. The van der Waals surface area contributed by atoms with Gasteiger partial charge in [-0.25, -0.2) is 9.79 Å². The van der Waals surface area contributed by atoms with E-state index in [0.717, 1.165) is 25.6 Å². The normalized spacial score (nSPS) is 15.0. The van der Waals surface area contributed by atoms with Crippen LogP contribution in [-0.4, -0.2) is 17.1 Å². The van der Waals surface area contributed by atoms with Crippen molar-refractivity contribution in [2.24, 2.45) is 4.99 Å². The molecule has 0 fully saturated rings. The van der Waals surface area contributed by atoms with Crippen molar-refractivity contribution < 1.29 is 14.3 Å². The molecule has 0 N–H and O–H groups in total. The summed E-state index contributed by atoms with van der Waals surface area (Å²) in [6.45, 7) is 8.32. The number of hydrogen-bond acceptors (Lipinski definition) is 6. The highest BCUT2D eigenvalue weighted by molar-refractivity contribution is 9.11. The van der Waals surface area contributed by atoms with Crippen LogP contribution in [0.3, 0.4) is 0 Å². The Morgan fingerprint density at radius 2 is 1.79 bits per heavy atom. The Labute approximate surface area is 275 Å². The first-order valence-corrected chi connectivity index (χ1v) is 16.5. The van der Waals surface area contributed by atoms with E-state index in [-0.39, 0.29) is 12.2 Å². The number of carbonyl (C=O) groups excluding carboxylic acids is 1. The van der Waals surface area contributed by atoms with Gasteiger partial charge < -0.3 is 9.47 Å². The van der Waals surface area contributed by atoms with Gasteiger partial charge in [-0.3, -0.25) is 9.36 Å². The molecule has 0 amide bonds. The zero-order chi connectivity index (χ0) is 30.8. The maximum absolute atomic E-state index is 14.0. The lowest BCUT2D eigenvalue weighted by molar-refractivity contribution is -0.139. The Hall–Kier alpha value is -2.98. The van der Waals surface area contributed by atoms with E-state index in [1.165, 1.54) is 16.9 Å². The van der Waals surface area contributed by atoms with Crippen molar-refractivity contribution >= 4 is 66.8 Å². The number of allylic oxidation sites excluding steroid dienone is 1. The molecule has 0 spiro atoms. The maximum Gasteiger partial charge on any atom is 0.338 e. The Morgan fingerprint density at radius 1 is 1.12 bits per heavy atom. The summed E-state index contributed by atoms with van der Waals surface area (Å²) in [4.78, 5) is 32.4. The van der Waals surface area contributed by atoms with Crippen molar-refractivity contribution in [1.29, 1.82) is 0 Å². The predicted molar refractivity (Wildman–Crippen MR) is 179 cm³/mol. The molecule has 1 aliphatic heterocycles. The second kappa shape index (κ2) is 13.3. The molecule has 0 unspecified atom stereocenters. The summed E-state index contributed by atoms with van der Waals surface area (Å²) in [6, 6.07) is 18.7. The Morgan fingerprint density at radius 3 is 2.42 bits per heavy atom. The Balaban J connectivity index is 1.56. The van der Waals surface area contributed by atoms with E-state index >= 15 is 0 Å². The number of carbonyl (C=O) groups is 1. The highest BCUT2D eigenvalue weighted by Gasteiger charge is 2.33. The average Bonchev–Trinajstić information content (AvgIpc) is 3.26. The third-order valence-electron chi connectivity index (χ3n) is 7.08. The molecular formula is C33H29Br2ClN2O4S. The number of aromatic nitrogens is 1. The SMILES string of the molecule is CCOC(=O)C1=C(C)N=c2s/c(=C\c3cc(Br)c(OCc4ccccc4Cl)c(Br)c3)c(=O)n2[C@H]1c1ccc(C(C)C)cc1. The summed E-state index contributed by atoms with van der Waals surface area (Å²) in [7, 11) is 0. The molecule has 1 aliphatic rings. The van der Waals surface area contributed by atoms with Crippen LogP contribution in [0, 0.1) is 0 Å². The van der Waals surface area contributed by atoms with Gasteiger partial charge in [-0.15, -0.1) is 0 Å². The van der Waals surface area contributed by atoms with Gasteiger partial charge in [0.2, 0.25) is 0 Å². The van der Waals surface area contributed by atoms with E-state index in [1.807, 2.05) is 66.7 Å². The second-order valence-electron chi connectivity index (χ2n) is 10.3. The zero-order valence-corrected chi connectivity index (χ0v) is 28.7. The number of esters is 1. The fourth-order valence-corrected chi connectivity index (χ4v) is 7.58. The molecule has 4 aromatic rings. The summed E-state index contributed by atoms with van der Waals surface area (Å²) >= 11 is 14.8. The van der Waals surface area contributed by atoms with Crippen molar-refractivity contribution in [3.05, 3.63) is 128 Å². The molecule has 2 heterocycles. The van der Waals surface area contributed by atoms with Crippen molar-refractivity contribution in [1.82, 2.24) is 4.57 Å². The minimum Gasteiger partial charge on any atom is -0.486 e. The van der Waals surface area contributed by atoms with Gasteiger partial charge in [-0.05, 0) is 92.6 Å². The molecule has 10 heteroatoms. The van der Waals surface area contributed by atoms with Crippen molar-refractivity contribution in [3.8, 4) is 5.75 Å². The topological polar surface area (TPSA) is 69.9 Å². The van der Waals surface area contributed by atoms with Crippen molar-refractivity contribution in [2.75, 3.05) is 6.61 Å². The molecule has 0 bridgehead atoms. The van der Waals surface area contributed by atoms with Crippen LogP contribution in [0.25, 0.3) is 6.08 Å². The third kappa shape index (κ3) is 6.60. The molecule has 0 saturated heterocycles. The molecular weight excluding hydrogens is 716 g/mol. The molecule has 1 aromatic heterocycles. The first kappa shape index (κ1) is 31.4. The largest absolute Gasteiger partial charge is 0.486 e. The van der Waals surface area contributed by atoms with E-state index in [9.17, 15) is 9.59 Å². The second-order valence-corrected chi connectivity index (χ2v) is 13.4. The van der Waals surface area contributed by atoms with E-state index in [4.69, 9.17) is 21.1 Å². The van der Waals surface area contributed by atoms with E-state index in [2.05, 4.69) is 50.7 Å². The summed E-state index contributed by atoms with van der Waals surface area (Å²) < 4.78 is 15.0. The maximum atomic E-state index is 14.0. The van der Waals surface area contributed by atoms with Gasteiger partial charge in [0, 0.05) is 10.6 Å². The molecule has 5 rings (SSSR count). The fraction of sp³-hybridized carbons (Fsp3) is 0.242. The molecule has 6 nitrogen and oxygen atoms in total. The minimum absolute atomic E-state index is 0.223.